The van der Waals surface area contributed by atoms with Crippen molar-refractivity contribution in [3.8, 4) is 0 Å². The minimum Gasteiger partial charge on any atom is -0.374 e. The lowest BCUT2D eigenvalue weighted by Gasteiger charge is -2.00. The van der Waals surface area contributed by atoms with Crippen LogP contribution in [0.25, 0.3) is 0 Å². The molecule has 2 heterocycles. The van der Waals surface area contributed by atoms with Gasteiger partial charge in [-0.1, -0.05) is 11.3 Å². The first-order valence-corrected chi connectivity index (χ1v) is 4.95. The minimum absolute atomic E-state index is 0.0153. The first-order valence-electron chi connectivity index (χ1n) is 4.13. The van der Waals surface area contributed by atoms with Crippen LogP contribution in [-0.2, 0) is 6.54 Å². The molecule has 0 saturated carbocycles. The van der Waals surface area contributed by atoms with Crippen molar-refractivity contribution in [2.24, 2.45) is 0 Å². The summed E-state index contributed by atoms with van der Waals surface area (Å²) in [4.78, 5) is 23.9. The van der Waals surface area contributed by atoms with Crippen LogP contribution in [0.5, 0.6) is 0 Å². The number of nitrogens with zero attached hydrogens (tertiary/aromatic N) is 3. The lowest BCUT2D eigenvalue weighted by atomic mass is 10.5. The van der Waals surface area contributed by atoms with E-state index in [0.29, 0.717) is 5.01 Å². The van der Waals surface area contributed by atoms with Crippen molar-refractivity contribution in [1.29, 1.82) is 0 Å². The predicted molar refractivity (Wildman–Crippen MR) is 54.7 cm³/mol. The average Bonchev–Trinajstić information content (AvgIpc) is 2.60. The van der Waals surface area contributed by atoms with Crippen molar-refractivity contribution in [2.75, 3.05) is 5.73 Å². The maximum absolute atomic E-state index is 12.9. The zero-order valence-electron chi connectivity index (χ0n) is 7.81. The van der Waals surface area contributed by atoms with Crippen LogP contribution in [0.2, 0.25) is 0 Å². The van der Waals surface area contributed by atoms with Gasteiger partial charge in [-0.2, -0.15) is 4.39 Å². The Labute approximate surface area is 91.4 Å². The molecule has 9 heteroatoms. The van der Waals surface area contributed by atoms with Crippen LogP contribution in [0.4, 0.5) is 9.52 Å². The third-order valence-corrected chi connectivity index (χ3v) is 2.49. The van der Waals surface area contributed by atoms with Gasteiger partial charge in [0.1, 0.15) is 5.01 Å². The molecule has 0 saturated heterocycles. The van der Waals surface area contributed by atoms with E-state index in [1.165, 1.54) is 0 Å². The second kappa shape index (κ2) is 3.85. The molecule has 0 fully saturated rings. The number of H-pyrrole nitrogens is 1. The zero-order valence-corrected chi connectivity index (χ0v) is 8.62. The number of anilines is 1. The third-order valence-electron chi connectivity index (χ3n) is 1.76. The molecule has 0 unspecified atom stereocenters. The Morgan fingerprint density at radius 2 is 2.25 bits per heavy atom. The lowest BCUT2D eigenvalue weighted by molar-refractivity contribution is 0.565. The van der Waals surface area contributed by atoms with Gasteiger partial charge in [0.25, 0.3) is 5.56 Å². The summed E-state index contributed by atoms with van der Waals surface area (Å²) in [6.45, 7) is 0.0153. The highest BCUT2D eigenvalue weighted by atomic mass is 32.1. The van der Waals surface area contributed by atoms with Gasteiger partial charge in [0.05, 0.1) is 12.7 Å². The van der Waals surface area contributed by atoms with Gasteiger partial charge in [-0.05, 0) is 0 Å². The van der Waals surface area contributed by atoms with Crippen LogP contribution >= 0.6 is 11.3 Å². The zero-order chi connectivity index (χ0) is 11.7. The molecule has 0 aromatic carbocycles. The van der Waals surface area contributed by atoms with Crippen LogP contribution in [0.15, 0.2) is 15.8 Å². The maximum Gasteiger partial charge on any atom is 0.328 e. The fourth-order valence-corrected chi connectivity index (χ4v) is 1.68. The fraction of sp³-hybridized carbons (Fsp3) is 0.143. The van der Waals surface area contributed by atoms with Gasteiger partial charge >= 0.3 is 5.69 Å². The molecule has 0 aliphatic heterocycles. The van der Waals surface area contributed by atoms with Crippen molar-refractivity contribution in [1.82, 2.24) is 19.7 Å². The van der Waals surface area contributed by atoms with E-state index in [-0.39, 0.29) is 11.7 Å². The molecule has 2 aromatic rings. The molecule has 84 valence electrons. The molecule has 0 atom stereocenters. The average molecular weight is 243 g/mol. The Morgan fingerprint density at radius 1 is 1.50 bits per heavy atom. The van der Waals surface area contributed by atoms with Crippen molar-refractivity contribution in [3.05, 3.63) is 37.9 Å². The van der Waals surface area contributed by atoms with Gasteiger partial charge < -0.3 is 5.73 Å². The minimum atomic E-state index is -1.04. The topological polar surface area (TPSA) is 107 Å². The standard InChI is InChI=1S/C7H6FN5O2S/c8-3-1-13(7(15)10-5(3)14)2-4-11-12-6(9)16-4/h1H,2H2,(H2,9,12)(H,10,14,15). The Kier molecular flexibility index (Phi) is 2.52. The lowest BCUT2D eigenvalue weighted by Crippen LogP contribution is -2.31. The number of nitrogens with one attached hydrogen (secondary N) is 1. The summed E-state index contributed by atoms with van der Waals surface area (Å²) in [5, 5.41) is 7.93. The van der Waals surface area contributed by atoms with Gasteiger partial charge in [0.2, 0.25) is 10.9 Å². The number of nitrogen functional groups attached to an aromatic ring is 1. The van der Waals surface area contributed by atoms with E-state index < -0.39 is 17.1 Å². The van der Waals surface area contributed by atoms with E-state index in [9.17, 15) is 14.0 Å². The van der Waals surface area contributed by atoms with Crippen molar-refractivity contribution in [3.63, 3.8) is 0 Å². The second-order valence-electron chi connectivity index (χ2n) is 2.90. The number of aromatic nitrogens is 4. The highest BCUT2D eigenvalue weighted by Gasteiger charge is 2.07. The van der Waals surface area contributed by atoms with Gasteiger partial charge in [-0.25, -0.2) is 4.79 Å². The van der Waals surface area contributed by atoms with E-state index in [4.69, 9.17) is 5.73 Å². The normalized spacial score (nSPS) is 10.6. The van der Waals surface area contributed by atoms with Crippen LogP contribution in [0, 0.1) is 5.82 Å². The Hall–Kier alpha value is -2.03. The molecule has 0 amide bonds. The summed E-state index contributed by atoms with van der Waals surface area (Å²) in [7, 11) is 0. The Balaban J connectivity index is 2.39. The number of hydrogen-bond donors (Lipinski definition) is 2. The van der Waals surface area contributed by atoms with Gasteiger partial charge in [-0.15, -0.1) is 10.2 Å². The quantitative estimate of drug-likeness (QED) is 0.715. The summed E-state index contributed by atoms with van der Waals surface area (Å²) in [6.07, 6.45) is 0.818. The number of aromatic amines is 1. The van der Waals surface area contributed by atoms with Gasteiger partial charge in [-0.3, -0.25) is 14.3 Å². The molecule has 2 aromatic heterocycles. The number of hydrogen-bond acceptors (Lipinski definition) is 6. The van der Waals surface area contributed by atoms with Crippen molar-refractivity contribution < 1.29 is 4.39 Å². The summed E-state index contributed by atoms with van der Waals surface area (Å²) >= 11 is 1.08. The second-order valence-corrected chi connectivity index (χ2v) is 3.99. The summed E-state index contributed by atoms with van der Waals surface area (Å²) in [5.41, 5.74) is 3.60. The molecule has 7 nitrogen and oxygen atoms in total. The molecular formula is C7H6FN5O2S. The maximum atomic E-state index is 12.9. The molecule has 0 bridgehead atoms. The van der Waals surface area contributed by atoms with Crippen molar-refractivity contribution in [2.45, 2.75) is 6.54 Å². The molecule has 0 aliphatic rings. The van der Waals surface area contributed by atoms with Crippen LogP contribution in [0.3, 0.4) is 0 Å². The molecular weight excluding hydrogens is 237 g/mol. The largest absolute Gasteiger partial charge is 0.374 e. The predicted octanol–water partition coefficient (Wildman–Crippen LogP) is -0.842. The number of nitrogens with two attached hydrogens (primary N) is 1. The molecule has 0 spiro atoms. The summed E-state index contributed by atoms with van der Waals surface area (Å²) in [6, 6.07) is 0. The first kappa shape index (κ1) is 10.5. The molecule has 2 rings (SSSR count). The van der Waals surface area contributed by atoms with E-state index in [2.05, 4.69) is 10.2 Å². The Morgan fingerprint density at radius 3 is 2.88 bits per heavy atom. The summed E-state index contributed by atoms with van der Waals surface area (Å²) in [5.74, 6) is -1.03. The Bertz CT molecular complexity index is 630. The van der Waals surface area contributed by atoms with E-state index in [1.54, 1.807) is 0 Å². The molecule has 16 heavy (non-hydrogen) atoms. The molecule has 0 aliphatic carbocycles. The molecule has 3 N–H and O–H groups in total. The highest BCUT2D eigenvalue weighted by Crippen LogP contribution is 2.11. The fourth-order valence-electron chi connectivity index (χ4n) is 1.08. The number of rotatable bonds is 2. The van der Waals surface area contributed by atoms with Crippen LogP contribution in [-0.4, -0.2) is 19.7 Å². The first-order chi connectivity index (χ1) is 7.56. The monoisotopic (exact) mass is 243 g/mol. The SMILES string of the molecule is Nc1nnc(Cn2cc(F)c(=O)[nH]c2=O)s1. The van der Waals surface area contributed by atoms with Gasteiger partial charge in [0, 0.05) is 0 Å². The van der Waals surface area contributed by atoms with E-state index in [1.807, 2.05) is 4.98 Å². The summed E-state index contributed by atoms with van der Waals surface area (Å²) < 4.78 is 13.9. The highest BCUT2D eigenvalue weighted by molar-refractivity contribution is 7.15. The smallest absolute Gasteiger partial charge is 0.328 e. The van der Waals surface area contributed by atoms with Crippen LogP contribution in [0.1, 0.15) is 5.01 Å². The van der Waals surface area contributed by atoms with Crippen molar-refractivity contribution >= 4 is 16.5 Å². The van der Waals surface area contributed by atoms with E-state index >= 15 is 0 Å². The van der Waals surface area contributed by atoms with Gasteiger partial charge in [0.15, 0.2) is 0 Å². The molecule has 0 radical (unpaired) electrons. The number of halogens is 1. The van der Waals surface area contributed by atoms with E-state index in [0.717, 1.165) is 22.1 Å². The third kappa shape index (κ3) is 1.98. The van der Waals surface area contributed by atoms with Crippen LogP contribution < -0.4 is 17.0 Å².